The van der Waals surface area contributed by atoms with Crippen LogP contribution in [0.15, 0.2) is 97.1 Å². The molecule has 0 unspecified atom stereocenters. The van der Waals surface area contributed by atoms with Gasteiger partial charge in [-0.05, 0) is 102 Å². The fourth-order valence-electron chi connectivity index (χ4n) is 7.13. The van der Waals surface area contributed by atoms with Gasteiger partial charge >= 0.3 is 0 Å². The zero-order chi connectivity index (χ0) is 29.9. The number of aryl methyl sites for hydroxylation is 3. The molecule has 1 N–H and O–H groups in total. The third-order valence-corrected chi connectivity index (χ3v) is 9.09. The zero-order valence-corrected chi connectivity index (χ0v) is 26.2. The Kier molecular flexibility index (Phi) is 8.38. The van der Waals surface area contributed by atoms with Crippen LogP contribution in [0.25, 0.3) is 22.9 Å². The van der Waals surface area contributed by atoms with Gasteiger partial charge in [0.15, 0.2) is 0 Å². The van der Waals surface area contributed by atoms with Crippen molar-refractivity contribution >= 4 is 40.0 Å². The summed E-state index contributed by atoms with van der Waals surface area (Å²) in [5, 5.41) is 8.71. The van der Waals surface area contributed by atoms with Crippen molar-refractivity contribution in [3.63, 3.8) is 0 Å². The molecule has 0 amide bonds. The molecule has 0 atom stereocenters. The normalized spacial score (nSPS) is 13.7. The molecule has 5 aromatic rings. The summed E-state index contributed by atoms with van der Waals surface area (Å²) >= 11 is 0. The van der Waals surface area contributed by atoms with Crippen LogP contribution >= 0.6 is 0 Å². The van der Waals surface area contributed by atoms with Gasteiger partial charge in [-0.1, -0.05) is 110 Å². The Morgan fingerprint density at radius 2 is 1.42 bits per heavy atom. The first-order valence-electron chi connectivity index (χ1n) is 16.0. The van der Waals surface area contributed by atoms with Crippen LogP contribution < -0.4 is 20.7 Å². The van der Waals surface area contributed by atoms with Gasteiger partial charge in [-0.15, -0.1) is 0 Å². The fourth-order valence-corrected chi connectivity index (χ4v) is 7.13. The largest absolute Gasteiger partial charge is 0.382 e. The molecule has 0 saturated heterocycles. The third kappa shape index (κ3) is 5.97. The van der Waals surface area contributed by atoms with Crippen LogP contribution in [0.1, 0.15) is 66.8 Å². The van der Waals surface area contributed by atoms with Gasteiger partial charge < -0.3 is 10.2 Å². The third-order valence-electron chi connectivity index (χ3n) is 9.09. The number of anilines is 3. The first kappa shape index (κ1) is 28.8. The first-order valence-corrected chi connectivity index (χ1v) is 16.0. The van der Waals surface area contributed by atoms with E-state index in [1.807, 2.05) is 0 Å². The van der Waals surface area contributed by atoms with Crippen LogP contribution in [0.4, 0.5) is 17.1 Å². The van der Waals surface area contributed by atoms with Gasteiger partial charge in [-0.3, -0.25) is 0 Å². The molecule has 0 spiro atoms. The minimum atomic E-state index is 0.561. The number of hydrogen-bond acceptors (Lipinski definition) is 2. The van der Waals surface area contributed by atoms with E-state index in [2.05, 4.69) is 142 Å². The molecule has 1 fully saturated rings. The van der Waals surface area contributed by atoms with E-state index in [1.54, 1.807) is 0 Å². The Morgan fingerprint density at radius 3 is 2.07 bits per heavy atom. The van der Waals surface area contributed by atoms with Crippen molar-refractivity contribution in [3.8, 4) is 0 Å². The molecule has 5 aromatic carbocycles. The van der Waals surface area contributed by atoms with Crippen molar-refractivity contribution in [1.29, 1.82) is 0 Å². The molecule has 6 rings (SSSR count). The fraction of sp³-hybridized carbons (Fsp3) is 0.268. The van der Waals surface area contributed by atoms with Crippen molar-refractivity contribution in [3.05, 3.63) is 135 Å². The predicted octanol–water partition coefficient (Wildman–Crippen LogP) is 9.33. The maximum atomic E-state index is 4.15. The summed E-state index contributed by atoms with van der Waals surface area (Å²) in [5.41, 5.74) is 11.4. The molecular weight excluding hydrogens is 520 g/mol. The van der Waals surface area contributed by atoms with Gasteiger partial charge in [0.1, 0.15) is 0 Å². The average molecular weight is 565 g/mol. The summed E-state index contributed by atoms with van der Waals surface area (Å²) in [6.45, 7) is 13.9. The minimum Gasteiger partial charge on any atom is -0.382 e. The number of nitrogens with one attached hydrogen (secondary N) is 1. The molecule has 0 aliphatic heterocycles. The monoisotopic (exact) mass is 564 g/mol. The van der Waals surface area contributed by atoms with Crippen LogP contribution in [0, 0.1) is 20.8 Å². The summed E-state index contributed by atoms with van der Waals surface area (Å²) in [6.07, 6.45) is 6.52. The van der Waals surface area contributed by atoms with Crippen LogP contribution in [0.3, 0.4) is 0 Å². The Labute approximate surface area is 257 Å². The van der Waals surface area contributed by atoms with Gasteiger partial charge in [0.05, 0.1) is 0 Å². The van der Waals surface area contributed by atoms with E-state index >= 15 is 0 Å². The Bertz CT molecular complexity index is 1810. The van der Waals surface area contributed by atoms with Gasteiger partial charge in [0.2, 0.25) is 0 Å². The maximum Gasteiger partial charge on any atom is 0.0470 e. The lowest BCUT2D eigenvalue weighted by Gasteiger charge is -2.28. The molecule has 0 radical (unpaired) electrons. The topological polar surface area (TPSA) is 15.3 Å². The molecule has 1 aliphatic rings. The van der Waals surface area contributed by atoms with Crippen molar-refractivity contribution < 1.29 is 0 Å². The maximum absolute atomic E-state index is 4.15. The second-order valence-corrected chi connectivity index (χ2v) is 12.3. The lowest BCUT2D eigenvalue weighted by Crippen LogP contribution is -2.22. The second kappa shape index (κ2) is 12.5. The first-order chi connectivity index (χ1) is 20.9. The van der Waals surface area contributed by atoms with Crippen LogP contribution in [0.2, 0.25) is 0 Å². The number of benzene rings is 5. The Balaban J connectivity index is 1.47. The number of fused-ring (bicyclic) bond motifs is 1. The van der Waals surface area contributed by atoms with E-state index in [9.17, 15) is 0 Å². The molecule has 2 heteroatoms. The molecule has 218 valence electrons. The molecule has 0 aromatic heterocycles. The highest BCUT2D eigenvalue weighted by molar-refractivity contribution is 6.03. The quantitative estimate of drug-likeness (QED) is 0.212. The molecular formula is C41H44N2. The SMILES string of the molecule is C=c1ccc(=C(c2ccc(N(CC)c3c(C)cc(C)cc3C)cc2)c2ccc(NC3CCCCC3)c3ccccc23)cc1. The molecule has 43 heavy (non-hydrogen) atoms. The lowest BCUT2D eigenvalue weighted by molar-refractivity contribution is 0.463. The Hall–Kier alpha value is -4.30. The number of rotatable bonds is 7. The van der Waals surface area contributed by atoms with Crippen LogP contribution in [0.5, 0.6) is 0 Å². The van der Waals surface area contributed by atoms with Crippen LogP contribution in [-0.2, 0) is 0 Å². The van der Waals surface area contributed by atoms with Gasteiger partial charge in [-0.25, -0.2) is 0 Å². The van der Waals surface area contributed by atoms with E-state index in [0.717, 1.165) is 11.8 Å². The molecule has 0 heterocycles. The van der Waals surface area contributed by atoms with E-state index in [-0.39, 0.29) is 0 Å². The Morgan fingerprint density at radius 1 is 0.767 bits per heavy atom. The van der Waals surface area contributed by atoms with E-state index < -0.39 is 0 Å². The van der Waals surface area contributed by atoms with E-state index in [1.165, 1.54) is 98.5 Å². The highest BCUT2D eigenvalue weighted by Gasteiger charge is 2.18. The van der Waals surface area contributed by atoms with Crippen molar-refractivity contribution in [2.45, 2.75) is 65.8 Å². The molecule has 1 aliphatic carbocycles. The second-order valence-electron chi connectivity index (χ2n) is 12.3. The smallest absolute Gasteiger partial charge is 0.0470 e. The molecule has 1 saturated carbocycles. The number of hydrogen-bond donors (Lipinski definition) is 1. The lowest BCUT2D eigenvalue weighted by atomic mass is 9.90. The van der Waals surface area contributed by atoms with Gasteiger partial charge in [0, 0.05) is 35.0 Å². The zero-order valence-electron chi connectivity index (χ0n) is 26.2. The van der Waals surface area contributed by atoms with Crippen molar-refractivity contribution in [2.75, 3.05) is 16.8 Å². The highest BCUT2D eigenvalue weighted by atomic mass is 15.1. The molecule has 0 bridgehead atoms. The summed E-state index contributed by atoms with van der Waals surface area (Å²) in [7, 11) is 0. The summed E-state index contributed by atoms with van der Waals surface area (Å²) in [5.74, 6) is 0. The van der Waals surface area contributed by atoms with Crippen molar-refractivity contribution in [2.24, 2.45) is 0 Å². The van der Waals surface area contributed by atoms with Gasteiger partial charge in [-0.2, -0.15) is 0 Å². The summed E-state index contributed by atoms with van der Waals surface area (Å²) in [4.78, 5) is 2.44. The van der Waals surface area contributed by atoms with E-state index in [4.69, 9.17) is 0 Å². The average Bonchev–Trinajstić information content (AvgIpc) is 3.02. The summed E-state index contributed by atoms with van der Waals surface area (Å²) in [6, 6.07) is 36.5. The number of nitrogens with zero attached hydrogens (tertiary/aromatic N) is 1. The highest BCUT2D eigenvalue weighted by Crippen LogP contribution is 2.36. The minimum absolute atomic E-state index is 0.561. The standard InChI is InChI=1S/C41H44N2/c1-6-43(41-30(4)26-29(3)27-31(41)5)35-22-20-33(21-23-35)40(32-18-16-28(2)17-19-32)38-24-25-39(37-15-11-10-14-36(37)38)42-34-12-8-7-9-13-34/h10-11,14-27,34,42H,2,6-9,12-13H2,1,3-5H3. The summed E-state index contributed by atoms with van der Waals surface area (Å²) < 4.78 is 0. The predicted molar refractivity (Wildman–Crippen MR) is 187 cm³/mol. The molecule has 2 nitrogen and oxygen atoms in total. The van der Waals surface area contributed by atoms with Crippen molar-refractivity contribution in [1.82, 2.24) is 0 Å². The van der Waals surface area contributed by atoms with E-state index in [0.29, 0.717) is 6.04 Å². The van der Waals surface area contributed by atoms with Crippen LogP contribution in [-0.4, -0.2) is 12.6 Å². The van der Waals surface area contributed by atoms with Gasteiger partial charge in [0.25, 0.3) is 0 Å².